The Kier molecular flexibility index (Phi) is 7.03. The monoisotopic (exact) mass is 340 g/mol. The Balaban J connectivity index is 2.90. The van der Waals surface area contributed by atoms with Crippen molar-refractivity contribution in [3.63, 3.8) is 0 Å². The molecule has 0 fully saturated rings. The van der Waals surface area contributed by atoms with Gasteiger partial charge in [0, 0.05) is 0 Å². The van der Waals surface area contributed by atoms with E-state index < -0.39 is 22.0 Å². The fraction of sp³-hybridized carbons (Fsp3) is 0.400. The van der Waals surface area contributed by atoms with Gasteiger partial charge in [-0.3, -0.25) is 10.0 Å². The van der Waals surface area contributed by atoms with Gasteiger partial charge in [-0.15, -0.1) is 5.92 Å². The molecule has 0 spiro atoms. The highest BCUT2D eigenvalue weighted by Gasteiger charge is 2.28. The largest absolute Gasteiger partial charge is 0.481 e. The molecule has 126 valence electrons. The summed E-state index contributed by atoms with van der Waals surface area (Å²) in [5.41, 5.74) is 1.46. The highest BCUT2D eigenvalue weighted by atomic mass is 32.2. The molecule has 1 aromatic rings. The van der Waals surface area contributed by atoms with Crippen molar-refractivity contribution in [2.45, 2.75) is 31.7 Å². The molecule has 1 rings (SSSR count). The SMILES string of the molecule is CC#CCOc1ccc(S(=O)(=O)N[C@@H](C(=O)NO)C(C)C)cc1. The first kappa shape index (κ1) is 19.0. The predicted molar refractivity (Wildman–Crippen MR) is 84.3 cm³/mol. The van der Waals surface area contributed by atoms with Gasteiger partial charge in [0.2, 0.25) is 10.0 Å². The summed E-state index contributed by atoms with van der Waals surface area (Å²) in [5, 5.41) is 8.70. The minimum atomic E-state index is -3.91. The summed E-state index contributed by atoms with van der Waals surface area (Å²) >= 11 is 0. The van der Waals surface area contributed by atoms with E-state index >= 15 is 0 Å². The zero-order valence-corrected chi connectivity index (χ0v) is 14.0. The van der Waals surface area contributed by atoms with E-state index in [2.05, 4.69) is 16.6 Å². The summed E-state index contributed by atoms with van der Waals surface area (Å²) < 4.78 is 32.2. The van der Waals surface area contributed by atoms with Gasteiger partial charge in [-0.25, -0.2) is 13.9 Å². The molecule has 0 unspecified atom stereocenters. The number of carbonyl (C=O) groups is 1. The number of hydrogen-bond donors (Lipinski definition) is 3. The number of benzene rings is 1. The van der Waals surface area contributed by atoms with E-state index in [4.69, 9.17) is 9.94 Å². The van der Waals surface area contributed by atoms with Gasteiger partial charge in [0.1, 0.15) is 18.4 Å². The number of rotatable bonds is 7. The smallest absolute Gasteiger partial charge is 0.261 e. The summed E-state index contributed by atoms with van der Waals surface area (Å²) in [6.07, 6.45) is 0. The molecule has 0 aromatic heterocycles. The molecule has 0 saturated carbocycles. The second-order valence-electron chi connectivity index (χ2n) is 5.01. The van der Waals surface area contributed by atoms with Crippen LogP contribution in [0.1, 0.15) is 20.8 Å². The molecule has 0 bridgehead atoms. The Hall–Kier alpha value is -2.08. The van der Waals surface area contributed by atoms with E-state index in [0.717, 1.165) is 0 Å². The average molecular weight is 340 g/mol. The third-order valence-electron chi connectivity index (χ3n) is 2.96. The number of amides is 1. The number of hydroxylamine groups is 1. The Labute approximate surface area is 136 Å². The number of hydrogen-bond acceptors (Lipinski definition) is 5. The van der Waals surface area contributed by atoms with Crippen molar-refractivity contribution in [3.8, 4) is 17.6 Å². The molecule has 0 heterocycles. The molecule has 1 amide bonds. The Morgan fingerprint density at radius 3 is 2.39 bits per heavy atom. The summed E-state index contributed by atoms with van der Waals surface area (Å²) in [6, 6.07) is 4.65. The van der Waals surface area contributed by atoms with Crippen LogP contribution in [0.25, 0.3) is 0 Å². The first-order chi connectivity index (χ1) is 10.8. The Bertz CT molecular complexity index is 687. The summed E-state index contributed by atoms with van der Waals surface area (Å²) in [4.78, 5) is 11.5. The van der Waals surface area contributed by atoms with Gasteiger partial charge in [-0.05, 0) is 37.1 Å². The molecule has 0 aliphatic heterocycles. The normalized spacial score (nSPS) is 12.2. The quantitative estimate of drug-likeness (QED) is 0.388. The third kappa shape index (κ3) is 5.56. The molecular weight excluding hydrogens is 320 g/mol. The van der Waals surface area contributed by atoms with Crippen LogP contribution >= 0.6 is 0 Å². The number of ether oxygens (including phenoxy) is 1. The van der Waals surface area contributed by atoms with Crippen molar-refractivity contribution < 1.29 is 23.2 Å². The number of nitrogens with one attached hydrogen (secondary N) is 2. The lowest BCUT2D eigenvalue weighted by Gasteiger charge is -2.20. The van der Waals surface area contributed by atoms with Crippen molar-refractivity contribution >= 4 is 15.9 Å². The zero-order chi connectivity index (χ0) is 17.5. The molecule has 0 aliphatic rings. The summed E-state index contributed by atoms with van der Waals surface area (Å²) in [6.45, 7) is 5.23. The molecular formula is C15H20N2O5S. The molecule has 0 aliphatic carbocycles. The highest BCUT2D eigenvalue weighted by molar-refractivity contribution is 7.89. The first-order valence-electron chi connectivity index (χ1n) is 6.90. The average Bonchev–Trinajstić information content (AvgIpc) is 2.52. The fourth-order valence-corrected chi connectivity index (χ4v) is 3.05. The van der Waals surface area contributed by atoms with Crippen LogP contribution in [0.4, 0.5) is 0 Å². The lowest BCUT2D eigenvalue weighted by molar-refractivity contribution is -0.131. The van der Waals surface area contributed by atoms with Crippen molar-refractivity contribution in [1.29, 1.82) is 0 Å². The van der Waals surface area contributed by atoms with E-state index in [1.165, 1.54) is 29.7 Å². The predicted octanol–water partition coefficient (Wildman–Crippen LogP) is 0.897. The van der Waals surface area contributed by atoms with Crippen LogP contribution in [0.3, 0.4) is 0 Å². The van der Waals surface area contributed by atoms with Crippen molar-refractivity contribution in [2.75, 3.05) is 6.61 Å². The van der Waals surface area contributed by atoms with Crippen LogP contribution < -0.4 is 14.9 Å². The minimum absolute atomic E-state index is 0.0113. The third-order valence-corrected chi connectivity index (χ3v) is 4.42. The molecule has 7 nitrogen and oxygen atoms in total. The van der Waals surface area contributed by atoms with Crippen molar-refractivity contribution in [3.05, 3.63) is 24.3 Å². The van der Waals surface area contributed by atoms with E-state index in [1.54, 1.807) is 20.8 Å². The Morgan fingerprint density at radius 1 is 1.30 bits per heavy atom. The van der Waals surface area contributed by atoms with Gasteiger partial charge in [0.05, 0.1) is 4.90 Å². The van der Waals surface area contributed by atoms with Crippen molar-refractivity contribution in [2.24, 2.45) is 5.92 Å². The summed E-state index contributed by atoms with van der Waals surface area (Å²) in [5.74, 6) is 4.74. The number of carbonyl (C=O) groups excluding carboxylic acids is 1. The zero-order valence-electron chi connectivity index (χ0n) is 13.2. The van der Waals surface area contributed by atoms with Crippen LogP contribution in [0.5, 0.6) is 5.75 Å². The molecule has 1 atom stereocenters. The van der Waals surface area contributed by atoms with Gasteiger partial charge < -0.3 is 4.74 Å². The highest BCUT2D eigenvalue weighted by Crippen LogP contribution is 2.17. The van der Waals surface area contributed by atoms with Gasteiger partial charge in [0.15, 0.2) is 0 Å². The van der Waals surface area contributed by atoms with Crippen LogP contribution in [0.15, 0.2) is 29.2 Å². The summed E-state index contributed by atoms with van der Waals surface area (Å²) in [7, 11) is -3.91. The lowest BCUT2D eigenvalue weighted by Crippen LogP contribution is -2.48. The van der Waals surface area contributed by atoms with Crippen LogP contribution in [0.2, 0.25) is 0 Å². The van der Waals surface area contributed by atoms with Crippen LogP contribution in [0, 0.1) is 17.8 Å². The first-order valence-corrected chi connectivity index (χ1v) is 8.39. The molecule has 8 heteroatoms. The topological polar surface area (TPSA) is 105 Å². The molecule has 0 radical (unpaired) electrons. The maximum Gasteiger partial charge on any atom is 0.261 e. The van der Waals surface area contributed by atoms with Crippen LogP contribution in [-0.2, 0) is 14.8 Å². The molecule has 3 N–H and O–H groups in total. The van der Waals surface area contributed by atoms with Gasteiger partial charge in [-0.2, -0.15) is 4.72 Å². The molecule has 23 heavy (non-hydrogen) atoms. The van der Waals surface area contributed by atoms with Crippen LogP contribution in [-0.4, -0.2) is 32.2 Å². The molecule has 1 aromatic carbocycles. The lowest BCUT2D eigenvalue weighted by atomic mass is 10.1. The maximum absolute atomic E-state index is 12.3. The van der Waals surface area contributed by atoms with E-state index in [1.807, 2.05) is 0 Å². The van der Waals surface area contributed by atoms with Gasteiger partial charge in [0.25, 0.3) is 5.91 Å². The van der Waals surface area contributed by atoms with E-state index in [9.17, 15) is 13.2 Å². The fourth-order valence-electron chi connectivity index (χ4n) is 1.70. The van der Waals surface area contributed by atoms with Gasteiger partial charge >= 0.3 is 0 Å². The minimum Gasteiger partial charge on any atom is -0.481 e. The van der Waals surface area contributed by atoms with Gasteiger partial charge in [-0.1, -0.05) is 19.8 Å². The van der Waals surface area contributed by atoms with E-state index in [0.29, 0.717) is 5.75 Å². The Morgan fingerprint density at radius 2 is 1.91 bits per heavy atom. The standard InChI is InChI=1S/C15H20N2O5S/c1-4-5-10-22-12-6-8-13(9-7-12)23(20,21)17-14(11(2)3)15(18)16-19/h6-9,11,14,17,19H,10H2,1-3H3,(H,16,18)/t14-/m1/s1. The second kappa shape index (κ2) is 8.53. The second-order valence-corrected chi connectivity index (χ2v) is 6.72. The van der Waals surface area contributed by atoms with E-state index in [-0.39, 0.29) is 17.4 Å². The molecule has 0 saturated heterocycles. The van der Waals surface area contributed by atoms with Crippen molar-refractivity contribution in [1.82, 2.24) is 10.2 Å². The maximum atomic E-state index is 12.3. The number of sulfonamides is 1.